The minimum absolute atomic E-state index is 1.12. The molecular weight excluding hydrogens is 180 g/mol. The molecule has 0 aliphatic carbocycles. The monoisotopic (exact) mass is 202 g/mol. The quantitative estimate of drug-likeness (QED) is 0.634. The minimum Gasteiger partial charge on any atom is -0.453 e. The van der Waals surface area contributed by atoms with Gasteiger partial charge in [0.2, 0.25) is 0 Å². The van der Waals surface area contributed by atoms with Gasteiger partial charge in [0.1, 0.15) is 0 Å². The molecule has 0 saturated carbocycles. The summed E-state index contributed by atoms with van der Waals surface area (Å²) in [7, 11) is -2.81. The molecule has 3 heteroatoms. The Morgan fingerprint density at radius 2 is 1.58 bits per heavy atom. The first-order valence-electron chi connectivity index (χ1n) is 4.65. The largest absolute Gasteiger partial charge is 0.453 e. The molecule has 0 spiro atoms. The van der Waals surface area contributed by atoms with Crippen LogP contribution in [0.2, 0.25) is 32.7 Å². The molecule has 0 heterocycles. The maximum Gasteiger partial charge on any atom is 0.198 e. The highest BCUT2D eigenvalue weighted by atomic mass is 28.4. The standard InChI is InChI=1S/C9H22OSi2/c1-7-8-9-12(5,6)10-11(2,3)4/h8-9H,7H2,1-6H3. The van der Waals surface area contributed by atoms with E-state index in [4.69, 9.17) is 4.12 Å². The number of hydrogen-bond donors (Lipinski definition) is 0. The van der Waals surface area contributed by atoms with Gasteiger partial charge in [-0.15, -0.1) is 0 Å². The molecule has 0 atom stereocenters. The lowest BCUT2D eigenvalue weighted by Gasteiger charge is -2.28. The van der Waals surface area contributed by atoms with Crippen molar-refractivity contribution in [3.63, 3.8) is 0 Å². The molecule has 0 aromatic heterocycles. The lowest BCUT2D eigenvalue weighted by atomic mass is 10.5. The summed E-state index contributed by atoms with van der Waals surface area (Å²) in [5, 5.41) is 0. The number of rotatable bonds is 4. The highest BCUT2D eigenvalue weighted by molar-refractivity contribution is 6.86. The smallest absolute Gasteiger partial charge is 0.198 e. The first-order valence-corrected chi connectivity index (χ1v) is 11.0. The zero-order chi connectivity index (χ0) is 9.83. The van der Waals surface area contributed by atoms with E-state index in [9.17, 15) is 0 Å². The molecule has 0 fully saturated rings. The summed E-state index contributed by atoms with van der Waals surface area (Å²) in [5.74, 6) is 0. The first-order chi connectivity index (χ1) is 5.27. The van der Waals surface area contributed by atoms with Gasteiger partial charge in [0, 0.05) is 0 Å². The highest BCUT2D eigenvalue weighted by Crippen LogP contribution is 2.15. The Morgan fingerprint density at radius 3 is 1.92 bits per heavy atom. The lowest BCUT2D eigenvalue weighted by Crippen LogP contribution is -2.40. The normalized spacial score (nSPS) is 14.2. The number of hydrogen-bond acceptors (Lipinski definition) is 1. The van der Waals surface area contributed by atoms with E-state index in [0.29, 0.717) is 0 Å². The van der Waals surface area contributed by atoms with E-state index in [0.717, 1.165) is 6.42 Å². The van der Waals surface area contributed by atoms with Crippen LogP contribution in [0.5, 0.6) is 0 Å². The summed E-state index contributed by atoms with van der Waals surface area (Å²) in [5.41, 5.74) is 2.30. The van der Waals surface area contributed by atoms with Crippen LogP contribution in [0.1, 0.15) is 13.3 Å². The van der Waals surface area contributed by atoms with E-state index in [2.05, 4.69) is 51.4 Å². The molecule has 0 aliphatic heterocycles. The predicted molar refractivity (Wildman–Crippen MR) is 61.3 cm³/mol. The molecule has 0 amide bonds. The van der Waals surface area contributed by atoms with Gasteiger partial charge in [0.15, 0.2) is 16.6 Å². The topological polar surface area (TPSA) is 9.23 Å². The van der Waals surface area contributed by atoms with Gasteiger partial charge in [0.25, 0.3) is 0 Å². The van der Waals surface area contributed by atoms with Gasteiger partial charge in [-0.25, -0.2) is 0 Å². The molecule has 12 heavy (non-hydrogen) atoms. The summed E-state index contributed by atoms with van der Waals surface area (Å²) in [6.07, 6.45) is 3.35. The third-order valence-corrected chi connectivity index (χ3v) is 6.92. The average molecular weight is 202 g/mol. The Kier molecular flexibility index (Phi) is 4.44. The van der Waals surface area contributed by atoms with E-state index in [1.54, 1.807) is 0 Å². The van der Waals surface area contributed by atoms with Crippen molar-refractivity contribution in [2.24, 2.45) is 0 Å². The minimum atomic E-state index is -1.48. The summed E-state index contributed by atoms with van der Waals surface area (Å²) in [6.45, 7) is 13.4. The molecule has 0 N–H and O–H groups in total. The van der Waals surface area contributed by atoms with Gasteiger partial charge in [-0.1, -0.05) is 18.7 Å². The first kappa shape index (κ1) is 12.1. The average Bonchev–Trinajstić information content (AvgIpc) is 1.78. The fraction of sp³-hybridized carbons (Fsp3) is 0.778. The Balaban J connectivity index is 4.13. The van der Waals surface area contributed by atoms with Crippen LogP contribution in [-0.4, -0.2) is 16.6 Å². The molecule has 0 aromatic carbocycles. The van der Waals surface area contributed by atoms with Crippen molar-refractivity contribution in [1.29, 1.82) is 0 Å². The van der Waals surface area contributed by atoms with Gasteiger partial charge in [0.05, 0.1) is 0 Å². The van der Waals surface area contributed by atoms with Crippen LogP contribution in [0, 0.1) is 0 Å². The summed E-state index contributed by atoms with van der Waals surface area (Å²) in [6, 6.07) is 0. The van der Waals surface area contributed by atoms with Crippen LogP contribution >= 0.6 is 0 Å². The van der Waals surface area contributed by atoms with Crippen LogP contribution in [0.25, 0.3) is 0 Å². The van der Waals surface area contributed by atoms with Crippen molar-refractivity contribution in [1.82, 2.24) is 0 Å². The molecule has 0 rings (SSSR count). The second kappa shape index (κ2) is 4.39. The molecule has 0 unspecified atom stereocenters. The van der Waals surface area contributed by atoms with Crippen LogP contribution in [-0.2, 0) is 4.12 Å². The molecular formula is C9H22OSi2. The molecule has 0 bridgehead atoms. The molecule has 0 radical (unpaired) electrons. The van der Waals surface area contributed by atoms with Gasteiger partial charge in [-0.05, 0) is 39.2 Å². The van der Waals surface area contributed by atoms with E-state index < -0.39 is 16.6 Å². The fourth-order valence-electron chi connectivity index (χ4n) is 1.22. The Hall–Kier alpha value is 0.134. The zero-order valence-corrected chi connectivity index (χ0v) is 11.3. The highest BCUT2D eigenvalue weighted by Gasteiger charge is 2.26. The van der Waals surface area contributed by atoms with Crippen LogP contribution in [0.3, 0.4) is 0 Å². The Labute approximate surface area is 79.1 Å². The van der Waals surface area contributed by atoms with E-state index in [1.165, 1.54) is 0 Å². The fourth-order valence-corrected chi connectivity index (χ4v) is 8.61. The molecule has 72 valence electrons. The lowest BCUT2D eigenvalue weighted by molar-refractivity contribution is 0.564. The van der Waals surface area contributed by atoms with Gasteiger partial charge in [-0.2, -0.15) is 0 Å². The van der Waals surface area contributed by atoms with Gasteiger partial charge >= 0.3 is 0 Å². The van der Waals surface area contributed by atoms with E-state index in [-0.39, 0.29) is 0 Å². The Bertz CT molecular complexity index is 156. The maximum atomic E-state index is 6.12. The van der Waals surface area contributed by atoms with Crippen molar-refractivity contribution >= 4 is 16.6 Å². The second-order valence-electron chi connectivity index (χ2n) is 4.63. The van der Waals surface area contributed by atoms with Crippen molar-refractivity contribution in [2.45, 2.75) is 46.1 Å². The van der Waals surface area contributed by atoms with Gasteiger partial charge in [-0.3, -0.25) is 0 Å². The summed E-state index contributed by atoms with van der Waals surface area (Å²) < 4.78 is 6.12. The molecule has 0 aromatic rings. The zero-order valence-electron chi connectivity index (χ0n) is 9.27. The molecule has 0 saturated heterocycles. The third kappa shape index (κ3) is 6.82. The van der Waals surface area contributed by atoms with Crippen molar-refractivity contribution < 1.29 is 4.12 Å². The SMILES string of the molecule is CCC=C[Si](C)(C)O[Si](C)(C)C. The van der Waals surface area contributed by atoms with E-state index >= 15 is 0 Å². The Morgan fingerprint density at radius 1 is 1.08 bits per heavy atom. The van der Waals surface area contributed by atoms with Crippen molar-refractivity contribution in [3.05, 3.63) is 11.8 Å². The molecule has 1 nitrogen and oxygen atoms in total. The number of allylic oxidation sites excluding steroid dienone is 1. The van der Waals surface area contributed by atoms with Crippen LogP contribution in [0.15, 0.2) is 11.8 Å². The summed E-state index contributed by atoms with van der Waals surface area (Å²) >= 11 is 0. The molecule has 0 aliphatic rings. The summed E-state index contributed by atoms with van der Waals surface area (Å²) in [4.78, 5) is 0. The third-order valence-electron chi connectivity index (χ3n) is 1.32. The van der Waals surface area contributed by atoms with Crippen LogP contribution < -0.4 is 0 Å². The second-order valence-corrected chi connectivity index (χ2v) is 13.2. The van der Waals surface area contributed by atoms with E-state index in [1.807, 2.05) is 0 Å². The van der Waals surface area contributed by atoms with Gasteiger partial charge < -0.3 is 4.12 Å². The van der Waals surface area contributed by atoms with Crippen LogP contribution in [0.4, 0.5) is 0 Å². The van der Waals surface area contributed by atoms with Crippen molar-refractivity contribution in [3.8, 4) is 0 Å². The van der Waals surface area contributed by atoms with Crippen molar-refractivity contribution in [2.75, 3.05) is 0 Å². The predicted octanol–water partition coefficient (Wildman–Crippen LogP) is 3.55. The maximum absolute atomic E-state index is 6.12.